The van der Waals surface area contributed by atoms with Gasteiger partial charge in [-0.3, -0.25) is 14.5 Å². The van der Waals surface area contributed by atoms with Gasteiger partial charge in [0, 0.05) is 4.47 Å². The van der Waals surface area contributed by atoms with Gasteiger partial charge in [0.25, 0.3) is 5.91 Å². The summed E-state index contributed by atoms with van der Waals surface area (Å²) in [6.07, 6.45) is 3.24. The number of nitrogens with one attached hydrogen (secondary N) is 1. The monoisotopic (exact) mass is 427 g/mol. The number of hydrogen-bond acceptors (Lipinski definition) is 5. The summed E-state index contributed by atoms with van der Waals surface area (Å²) < 4.78 is 7.84. The zero-order valence-electron chi connectivity index (χ0n) is 14.0. The SMILES string of the molecule is O=C(CN1C(=O)COc2cc(Br)ccc21)Nc1ccccc1-n1ccnn1. The molecule has 9 heteroatoms. The van der Waals surface area contributed by atoms with E-state index in [0.29, 0.717) is 22.8 Å². The van der Waals surface area contributed by atoms with Crippen LogP contribution in [-0.4, -0.2) is 40.0 Å². The summed E-state index contributed by atoms with van der Waals surface area (Å²) in [6, 6.07) is 12.5. The van der Waals surface area contributed by atoms with Gasteiger partial charge < -0.3 is 10.1 Å². The van der Waals surface area contributed by atoms with Crippen molar-refractivity contribution in [3.05, 3.63) is 59.3 Å². The minimum atomic E-state index is -0.327. The number of benzene rings is 2. The maximum Gasteiger partial charge on any atom is 0.265 e. The van der Waals surface area contributed by atoms with Gasteiger partial charge in [0.2, 0.25) is 5.91 Å². The highest BCUT2D eigenvalue weighted by Gasteiger charge is 2.27. The second-order valence-electron chi connectivity index (χ2n) is 5.79. The smallest absolute Gasteiger partial charge is 0.265 e. The lowest BCUT2D eigenvalue weighted by molar-refractivity contribution is -0.123. The van der Waals surface area contributed by atoms with Crippen molar-refractivity contribution in [1.29, 1.82) is 0 Å². The first-order chi connectivity index (χ1) is 13.1. The molecule has 0 aliphatic carbocycles. The van der Waals surface area contributed by atoms with Crippen molar-refractivity contribution in [3.8, 4) is 11.4 Å². The highest BCUT2D eigenvalue weighted by Crippen LogP contribution is 2.34. The fraction of sp³-hybridized carbons (Fsp3) is 0.111. The lowest BCUT2D eigenvalue weighted by Crippen LogP contribution is -2.43. The van der Waals surface area contributed by atoms with E-state index < -0.39 is 0 Å². The Hall–Kier alpha value is -3.20. The van der Waals surface area contributed by atoms with Crippen LogP contribution in [0.2, 0.25) is 0 Å². The van der Waals surface area contributed by atoms with Crippen LogP contribution in [0.25, 0.3) is 5.69 Å². The van der Waals surface area contributed by atoms with Crippen LogP contribution in [0.1, 0.15) is 0 Å². The number of para-hydroxylation sites is 2. The molecule has 8 nitrogen and oxygen atoms in total. The molecule has 3 aromatic rings. The van der Waals surface area contributed by atoms with Crippen LogP contribution in [0.4, 0.5) is 11.4 Å². The van der Waals surface area contributed by atoms with E-state index in [9.17, 15) is 9.59 Å². The summed E-state index contributed by atoms with van der Waals surface area (Å²) in [5, 5.41) is 10.6. The molecular weight excluding hydrogens is 414 g/mol. The van der Waals surface area contributed by atoms with Crippen molar-refractivity contribution in [3.63, 3.8) is 0 Å². The predicted octanol–water partition coefficient (Wildman–Crippen LogP) is 2.39. The Bertz CT molecular complexity index is 1010. The zero-order valence-corrected chi connectivity index (χ0v) is 15.6. The first-order valence-electron chi connectivity index (χ1n) is 8.10. The van der Waals surface area contributed by atoms with Crippen LogP contribution in [0.3, 0.4) is 0 Å². The topological polar surface area (TPSA) is 89.4 Å². The van der Waals surface area contributed by atoms with Gasteiger partial charge >= 0.3 is 0 Å². The summed E-state index contributed by atoms with van der Waals surface area (Å²) in [4.78, 5) is 26.3. The minimum Gasteiger partial charge on any atom is -0.482 e. The average Bonchev–Trinajstić information content (AvgIpc) is 3.19. The van der Waals surface area contributed by atoms with Crippen molar-refractivity contribution in [1.82, 2.24) is 15.0 Å². The quantitative estimate of drug-likeness (QED) is 0.690. The molecule has 2 amide bonds. The third kappa shape index (κ3) is 3.54. The lowest BCUT2D eigenvalue weighted by atomic mass is 10.2. The highest BCUT2D eigenvalue weighted by molar-refractivity contribution is 9.10. The molecule has 2 heterocycles. The molecule has 1 aliphatic rings. The fourth-order valence-corrected chi connectivity index (χ4v) is 3.14. The number of anilines is 2. The van der Waals surface area contributed by atoms with Crippen LogP contribution < -0.4 is 15.0 Å². The van der Waals surface area contributed by atoms with Crippen LogP contribution in [0.15, 0.2) is 59.3 Å². The van der Waals surface area contributed by atoms with Crippen LogP contribution in [0.5, 0.6) is 5.75 Å². The summed E-state index contributed by atoms with van der Waals surface area (Å²) in [5.41, 5.74) is 1.82. The van der Waals surface area contributed by atoms with Crippen molar-refractivity contribution in [2.24, 2.45) is 0 Å². The molecule has 0 spiro atoms. The number of nitrogens with zero attached hydrogens (tertiary/aromatic N) is 4. The molecule has 0 atom stereocenters. The van der Waals surface area contributed by atoms with E-state index in [1.165, 1.54) is 4.90 Å². The van der Waals surface area contributed by atoms with E-state index in [-0.39, 0.29) is 25.0 Å². The van der Waals surface area contributed by atoms with Gasteiger partial charge in [-0.1, -0.05) is 33.3 Å². The average molecular weight is 428 g/mol. The molecular formula is C18H14BrN5O3. The summed E-state index contributed by atoms with van der Waals surface area (Å²) in [7, 11) is 0. The molecule has 0 saturated heterocycles. The molecule has 27 heavy (non-hydrogen) atoms. The van der Waals surface area contributed by atoms with E-state index in [4.69, 9.17) is 4.74 Å². The first kappa shape index (κ1) is 17.2. The normalized spacial score (nSPS) is 13.1. The molecule has 0 radical (unpaired) electrons. The minimum absolute atomic E-state index is 0.105. The summed E-state index contributed by atoms with van der Waals surface area (Å²) in [6.45, 7) is -0.227. The van der Waals surface area contributed by atoms with Gasteiger partial charge in [-0.15, -0.1) is 5.10 Å². The van der Waals surface area contributed by atoms with Gasteiger partial charge in [0.1, 0.15) is 12.3 Å². The molecule has 0 bridgehead atoms. The number of fused-ring (bicyclic) bond motifs is 1. The first-order valence-corrected chi connectivity index (χ1v) is 8.89. The van der Waals surface area contributed by atoms with Crippen LogP contribution in [-0.2, 0) is 9.59 Å². The number of carbonyl (C=O) groups is 2. The second-order valence-corrected chi connectivity index (χ2v) is 6.71. The van der Waals surface area contributed by atoms with Crippen molar-refractivity contribution in [2.45, 2.75) is 0 Å². The van der Waals surface area contributed by atoms with Crippen LogP contribution >= 0.6 is 15.9 Å². The van der Waals surface area contributed by atoms with E-state index in [0.717, 1.165) is 4.47 Å². The molecule has 1 N–H and O–H groups in total. The number of aromatic nitrogens is 3. The third-order valence-electron chi connectivity index (χ3n) is 4.01. The zero-order chi connectivity index (χ0) is 18.8. The van der Waals surface area contributed by atoms with Crippen molar-refractivity contribution < 1.29 is 14.3 Å². The van der Waals surface area contributed by atoms with Gasteiger partial charge in [-0.25, -0.2) is 4.68 Å². The lowest BCUT2D eigenvalue weighted by Gasteiger charge is -2.29. The Labute approximate surface area is 162 Å². The number of halogens is 1. The molecule has 136 valence electrons. The van der Waals surface area contributed by atoms with Crippen molar-refractivity contribution >= 4 is 39.1 Å². The molecule has 0 unspecified atom stereocenters. The van der Waals surface area contributed by atoms with E-state index in [1.54, 1.807) is 41.3 Å². The number of ether oxygens (including phenoxy) is 1. The Kier molecular flexibility index (Phi) is 4.59. The van der Waals surface area contributed by atoms with Crippen molar-refractivity contribution in [2.75, 3.05) is 23.4 Å². The van der Waals surface area contributed by atoms with E-state index in [1.807, 2.05) is 18.2 Å². The standard InChI is InChI=1S/C18H14BrN5O3/c19-12-5-6-15-16(9-12)27-11-18(26)23(15)10-17(25)21-13-3-1-2-4-14(13)24-8-7-20-22-24/h1-9H,10-11H2,(H,21,25). The fourth-order valence-electron chi connectivity index (χ4n) is 2.80. The molecule has 4 rings (SSSR count). The Balaban J connectivity index is 1.55. The Morgan fingerprint density at radius 3 is 2.89 bits per heavy atom. The van der Waals surface area contributed by atoms with Gasteiger partial charge in [-0.2, -0.15) is 0 Å². The molecule has 0 fully saturated rings. The number of amides is 2. The van der Waals surface area contributed by atoms with Crippen LogP contribution in [0, 0.1) is 0 Å². The predicted molar refractivity (Wildman–Crippen MR) is 102 cm³/mol. The van der Waals surface area contributed by atoms with Gasteiger partial charge in [0.15, 0.2) is 6.61 Å². The maximum absolute atomic E-state index is 12.6. The molecule has 2 aromatic carbocycles. The van der Waals surface area contributed by atoms with Gasteiger partial charge in [-0.05, 0) is 30.3 Å². The van der Waals surface area contributed by atoms with E-state index in [2.05, 4.69) is 31.6 Å². The molecule has 1 aromatic heterocycles. The highest BCUT2D eigenvalue weighted by atomic mass is 79.9. The second kappa shape index (κ2) is 7.20. The number of hydrogen-bond donors (Lipinski definition) is 1. The molecule has 0 saturated carbocycles. The third-order valence-corrected chi connectivity index (χ3v) is 4.51. The summed E-state index contributed by atoms with van der Waals surface area (Å²) in [5.74, 6) is -0.0454. The number of rotatable bonds is 4. The Morgan fingerprint density at radius 2 is 2.07 bits per heavy atom. The summed E-state index contributed by atoms with van der Waals surface area (Å²) >= 11 is 3.37. The molecule has 1 aliphatic heterocycles. The number of carbonyl (C=O) groups excluding carboxylic acids is 2. The largest absolute Gasteiger partial charge is 0.482 e. The Morgan fingerprint density at radius 1 is 1.22 bits per heavy atom. The van der Waals surface area contributed by atoms with Gasteiger partial charge in [0.05, 0.1) is 29.5 Å². The van der Waals surface area contributed by atoms with E-state index >= 15 is 0 Å². The maximum atomic E-state index is 12.6.